The summed E-state index contributed by atoms with van der Waals surface area (Å²) >= 11 is 0. The smallest absolute Gasteiger partial charge is 0.187 e. The minimum atomic E-state index is -2.29. The summed E-state index contributed by atoms with van der Waals surface area (Å²) in [5.41, 5.74) is -0.620. The maximum atomic E-state index is 12.7. The van der Waals surface area contributed by atoms with Crippen molar-refractivity contribution in [2.24, 2.45) is 52.3 Å². The van der Waals surface area contributed by atoms with E-state index in [9.17, 15) is 117 Å². The van der Waals surface area contributed by atoms with Crippen LogP contribution in [0.5, 0.6) is 0 Å². The van der Waals surface area contributed by atoms with Gasteiger partial charge >= 0.3 is 0 Å². The van der Waals surface area contributed by atoms with Gasteiger partial charge in [0.2, 0.25) is 0 Å². The van der Waals surface area contributed by atoms with Crippen LogP contribution in [0.1, 0.15) is 92.4 Å². The zero-order valence-corrected chi connectivity index (χ0v) is 59.6. The van der Waals surface area contributed by atoms with E-state index in [1.807, 2.05) is 13.8 Å². The lowest BCUT2D eigenvalue weighted by molar-refractivity contribution is -0.402. The Labute approximate surface area is 610 Å². The molecule has 38 nitrogen and oxygen atoms in total. The highest BCUT2D eigenvalue weighted by molar-refractivity contribution is 5.16. The molecule has 4 aliphatic carbocycles. The van der Waals surface area contributed by atoms with Crippen LogP contribution in [0.4, 0.5) is 0 Å². The highest BCUT2D eigenvalue weighted by Crippen LogP contribution is 2.71. The molecule has 47 unspecified atom stereocenters. The topological polar surface area (TPSA) is 604 Å². The van der Waals surface area contributed by atoms with Gasteiger partial charge in [-0.2, -0.15) is 0 Å². The van der Waals surface area contributed by atoms with Crippen LogP contribution in [0.2, 0.25) is 0 Å². The summed E-state index contributed by atoms with van der Waals surface area (Å²) in [6.45, 7) is 5.02. The van der Waals surface area contributed by atoms with Crippen LogP contribution in [0.15, 0.2) is 0 Å². The number of aliphatic hydroxyl groups excluding tert-OH is 22. The Kier molecular flexibility index (Phi) is 26.7. The second-order valence-electron chi connectivity index (χ2n) is 32.4. The van der Waals surface area contributed by atoms with Crippen LogP contribution < -0.4 is 0 Å². The summed E-state index contributed by atoms with van der Waals surface area (Å²) in [7, 11) is 0. The molecule has 106 heavy (non-hydrogen) atoms. The van der Waals surface area contributed by atoms with E-state index in [4.69, 9.17) is 71.1 Å². The van der Waals surface area contributed by atoms with E-state index in [2.05, 4.69) is 13.8 Å². The van der Waals surface area contributed by atoms with Crippen molar-refractivity contribution >= 4 is 0 Å². The molecule has 12 aliphatic rings. The van der Waals surface area contributed by atoms with Gasteiger partial charge in [-0.25, -0.2) is 0 Å². The van der Waals surface area contributed by atoms with Gasteiger partial charge in [0.05, 0.1) is 70.7 Å². The predicted molar refractivity (Wildman–Crippen MR) is 343 cm³/mol. The van der Waals surface area contributed by atoms with Gasteiger partial charge in [-0.1, -0.05) is 27.7 Å². The fourth-order valence-corrected chi connectivity index (χ4v) is 19.7. The number of ether oxygens (including phenoxy) is 15. The lowest BCUT2D eigenvalue weighted by atomic mass is 9.44. The molecule has 8 aliphatic heterocycles. The minimum absolute atomic E-state index is 0.0317. The first-order valence-electron chi connectivity index (χ1n) is 37.3. The molecule has 8 saturated heterocycles. The third-order valence-corrected chi connectivity index (χ3v) is 26.0. The SMILES string of the molecule is CC(CCC1(O)OC2CC3C4CCC5CC(OC6OC(CO)C(OC7OC(COC8OC(CO)C(O)C(O)C8O)C(OC8OC(CO)C(OC9OCC(O)C(O)C9O)C(O)C8O)C(O)C7O)C(O)C6OC6OC(C)C(O)C(O)C6O)C(O)CC5(C)C4CCC3(C)C2C1C)COC1OC(CO)C(O)C(O)C1O. The molecule has 614 valence electrons. The van der Waals surface area contributed by atoms with Crippen molar-refractivity contribution in [3.63, 3.8) is 0 Å². The first-order valence-corrected chi connectivity index (χ1v) is 37.3. The summed E-state index contributed by atoms with van der Waals surface area (Å²) in [5, 5.41) is 252. The van der Waals surface area contributed by atoms with Crippen molar-refractivity contribution in [2.75, 3.05) is 46.2 Å². The van der Waals surface area contributed by atoms with E-state index in [0.29, 0.717) is 12.8 Å². The third kappa shape index (κ3) is 15.8. The summed E-state index contributed by atoms with van der Waals surface area (Å²) in [5.74, 6) is -1.22. The standard InChI is InChI=1S/C68H114O38/c1-22(19-92-59-49(85)44(80)41(77)33(15-69)97-59)8-11-68(91)23(2)38-32(106-68)13-28-26-7-6-25-12-31(29(73)14-67(25,5)27(26)9-10-66(28,38)4)96-65-58(105-62-51(87)43(79)39(75)24(3)95-62)54(90)56(36(18-72)100-65)103-64-53(89)47(83)57(37(101-64)21-94-60-50(86)45(81)42(78)34(16-70)98-60)104-63-52(88)46(82)55(35(17-71)99-63)102-61-48(84)40(76)30(74)20-93-61/h22-65,69-91H,6-21H2,1-5H3. The van der Waals surface area contributed by atoms with Gasteiger partial charge in [0, 0.05) is 12.3 Å². The normalized spacial score (nSPS) is 55.9. The lowest BCUT2D eigenvalue weighted by Crippen LogP contribution is -2.68. The minimum Gasteiger partial charge on any atom is -0.394 e. The van der Waals surface area contributed by atoms with E-state index in [0.717, 1.165) is 32.1 Å². The Morgan fingerprint density at radius 1 is 0.434 bits per heavy atom. The Morgan fingerprint density at radius 2 is 0.925 bits per heavy atom. The van der Waals surface area contributed by atoms with Crippen molar-refractivity contribution in [3.05, 3.63) is 0 Å². The van der Waals surface area contributed by atoms with E-state index in [1.54, 1.807) is 0 Å². The summed E-state index contributed by atoms with van der Waals surface area (Å²) in [4.78, 5) is 0. The van der Waals surface area contributed by atoms with Gasteiger partial charge in [-0.05, 0) is 105 Å². The fraction of sp³-hybridized carbons (Fsp3) is 1.00. The molecule has 0 aromatic rings. The van der Waals surface area contributed by atoms with Crippen molar-refractivity contribution in [2.45, 2.75) is 325 Å². The molecule has 0 radical (unpaired) electrons. The van der Waals surface area contributed by atoms with Crippen molar-refractivity contribution in [1.82, 2.24) is 0 Å². The molecule has 23 N–H and O–H groups in total. The van der Waals surface area contributed by atoms with Crippen LogP contribution in [0.3, 0.4) is 0 Å². The molecular formula is C68H114O38. The fourth-order valence-electron chi connectivity index (χ4n) is 19.7. The van der Waals surface area contributed by atoms with Crippen LogP contribution in [-0.2, 0) is 71.1 Å². The molecular weight excluding hydrogens is 1420 g/mol. The lowest BCUT2D eigenvalue weighted by Gasteiger charge is -2.62. The largest absolute Gasteiger partial charge is 0.394 e. The highest BCUT2D eigenvalue weighted by Gasteiger charge is 2.69. The Hall–Kier alpha value is -1.52. The predicted octanol–water partition coefficient (Wildman–Crippen LogP) is -9.84. The molecule has 0 spiro atoms. The van der Waals surface area contributed by atoms with E-state index in [1.165, 1.54) is 6.92 Å². The second kappa shape index (κ2) is 33.7. The number of hydrogen-bond donors (Lipinski definition) is 23. The van der Waals surface area contributed by atoms with Gasteiger partial charge in [0.25, 0.3) is 0 Å². The second-order valence-corrected chi connectivity index (χ2v) is 32.4. The van der Waals surface area contributed by atoms with Crippen LogP contribution in [0, 0.1) is 52.3 Å². The number of hydrogen-bond acceptors (Lipinski definition) is 38. The number of rotatable bonds is 23. The van der Waals surface area contributed by atoms with Gasteiger partial charge in [-0.3, -0.25) is 0 Å². The molecule has 8 heterocycles. The van der Waals surface area contributed by atoms with Crippen LogP contribution in [0.25, 0.3) is 0 Å². The van der Waals surface area contributed by atoms with Gasteiger partial charge in [0.15, 0.2) is 49.8 Å². The highest BCUT2D eigenvalue weighted by atomic mass is 16.8. The Balaban J connectivity index is 0.728. The van der Waals surface area contributed by atoms with Crippen molar-refractivity contribution in [3.8, 4) is 0 Å². The summed E-state index contributed by atoms with van der Waals surface area (Å²) < 4.78 is 89.8. The molecule has 0 bridgehead atoms. The molecule has 12 rings (SSSR count). The molecule has 47 atom stereocenters. The average Bonchev–Trinajstić information content (AvgIpc) is 1.50. The average molecular weight is 1540 g/mol. The number of aliphatic hydroxyl groups is 23. The van der Waals surface area contributed by atoms with Gasteiger partial charge in [0.1, 0.15) is 159 Å². The van der Waals surface area contributed by atoms with Crippen molar-refractivity contribution < 1.29 is 189 Å². The maximum absolute atomic E-state index is 12.7. The molecule has 12 fully saturated rings. The van der Waals surface area contributed by atoms with Gasteiger partial charge in [-0.15, -0.1) is 0 Å². The number of fused-ring (bicyclic) bond motifs is 7. The first kappa shape index (κ1) is 83.9. The molecule has 0 aromatic carbocycles. The monoisotopic (exact) mass is 1540 g/mol. The van der Waals surface area contributed by atoms with E-state index >= 15 is 0 Å². The van der Waals surface area contributed by atoms with Crippen LogP contribution >= 0.6 is 0 Å². The zero-order chi connectivity index (χ0) is 76.8. The summed E-state index contributed by atoms with van der Waals surface area (Å²) in [6.07, 6.45) is -58.5. The first-order chi connectivity index (χ1) is 50.1. The van der Waals surface area contributed by atoms with Crippen molar-refractivity contribution in [1.29, 1.82) is 0 Å². The van der Waals surface area contributed by atoms with Gasteiger partial charge < -0.3 is 189 Å². The quantitative estimate of drug-likeness (QED) is 0.0423. The third-order valence-electron chi connectivity index (χ3n) is 26.0. The molecule has 38 heteroatoms. The molecule has 0 aromatic heterocycles. The summed E-state index contributed by atoms with van der Waals surface area (Å²) in [6, 6.07) is 0. The van der Waals surface area contributed by atoms with E-state index < -0.39 is 272 Å². The van der Waals surface area contributed by atoms with E-state index in [-0.39, 0.29) is 72.4 Å². The Morgan fingerprint density at radius 3 is 1.53 bits per heavy atom. The maximum Gasteiger partial charge on any atom is 0.187 e. The molecule has 4 saturated carbocycles. The zero-order valence-electron chi connectivity index (χ0n) is 59.6. The van der Waals surface area contributed by atoms with Crippen LogP contribution in [-0.4, -0.2) is 397 Å². The Bertz CT molecular complexity index is 2810. The molecule has 0 amide bonds.